The molecule has 1 aromatic carbocycles. The summed E-state index contributed by atoms with van der Waals surface area (Å²) in [4.78, 5) is 8.95. The first-order chi connectivity index (χ1) is 11.7. The first-order valence-electron chi connectivity index (χ1n) is 7.81. The number of aromatic nitrogens is 1. The van der Waals surface area contributed by atoms with Crippen molar-refractivity contribution in [2.45, 2.75) is 12.5 Å². The Labute approximate surface area is 149 Å². The summed E-state index contributed by atoms with van der Waals surface area (Å²) in [6.45, 7) is 0.711. The fourth-order valence-corrected chi connectivity index (χ4v) is 4.14. The second kappa shape index (κ2) is 6.53. The SMILES string of the molecule is NC1=NC2c3cc(Nc4ncccc4Cl)ccc3OCCC2CS1. The van der Waals surface area contributed by atoms with Crippen LogP contribution < -0.4 is 15.8 Å². The zero-order chi connectivity index (χ0) is 16.5. The van der Waals surface area contributed by atoms with Crippen LogP contribution in [0.3, 0.4) is 0 Å². The Morgan fingerprint density at radius 1 is 1.33 bits per heavy atom. The minimum absolute atomic E-state index is 0.0460. The van der Waals surface area contributed by atoms with Gasteiger partial charge in [-0.2, -0.15) is 0 Å². The molecule has 3 heterocycles. The molecule has 2 aromatic rings. The average molecular weight is 361 g/mol. The maximum atomic E-state index is 6.18. The van der Waals surface area contributed by atoms with Crippen LogP contribution in [0.15, 0.2) is 41.5 Å². The number of aliphatic imine (C=N–C) groups is 1. The number of anilines is 2. The van der Waals surface area contributed by atoms with E-state index in [1.54, 1.807) is 24.0 Å². The minimum atomic E-state index is 0.0460. The van der Waals surface area contributed by atoms with Gasteiger partial charge in [-0.15, -0.1) is 0 Å². The number of benzene rings is 1. The number of hydrogen-bond donors (Lipinski definition) is 2. The smallest absolute Gasteiger partial charge is 0.154 e. The van der Waals surface area contributed by atoms with Gasteiger partial charge in [0, 0.05) is 23.2 Å². The standard InChI is InChI=1S/C17H17ClN4OS/c18-13-2-1-6-20-16(13)21-11-3-4-14-12(8-11)15-10(5-7-23-14)9-24-17(19)22-15/h1-4,6,8,10,15H,5,7,9H2,(H2,19,22)(H,20,21). The summed E-state index contributed by atoms with van der Waals surface area (Å²) in [7, 11) is 0. The quantitative estimate of drug-likeness (QED) is 0.847. The Balaban J connectivity index is 1.71. The highest BCUT2D eigenvalue weighted by molar-refractivity contribution is 8.13. The molecule has 124 valence electrons. The van der Waals surface area contributed by atoms with Crippen LogP contribution in [-0.4, -0.2) is 22.5 Å². The van der Waals surface area contributed by atoms with E-state index in [2.05, 4.69) is 21.4 Å². The van der Waals surface area contributed by atoms with Crippen LogP contribution in [0.25, 0.3) is 0 Å². The molecule has 1 aromatic heterocycles. The number of nitrogens with one attached hydrogen (secondary N) is 1. The first kappa shape index (κ1) is 15.6. The number of fused-ring (bicyclic) bond motifs is 3. The van der Waals surface area contributed by atoms with E-state index in [-0.39, 0.29) is 6.04 Å². The number of nitrogens with two attached hydrogens (primary N) is 1. The molecule has 0 fully saturated rings. The molecule has 2 atom stereocenters. The highest BCUT2D eigenvalue weighted by Gasteiger charge is 2.32. The van der Waals surface area contributed by atoms with Gasteiger partial charge >= 0.3 is 0 Å². The molecule has 2 aliphatic heterocycles. The number of thioether (sulfide) groups is 1. The molecule has 2 unspecified atom stereocenters. The summed E-state index contributed by atoms with van der Waals surface area (Å²) >= 11 is 7.81. The molecule has 0 bridgehead atoms. The van der Waals surface area contributed by atoms with Crippen molar-refractivity contribution in [3.05, 3.63) is 47.1 Å². The zero-order valence-corrected chi connectivity index (χ0v) is 14.5. The topological polar surface area (TPSA) is 72.5 Å². The molecule has 3 N–H and O–H groups in total. The van der Waals surface area contributed by atoms with Gasteiger partial charge in [0.05, 0.1) is 17.7 Å². The summed E-state index contributed by atoms with van der Waals surface area (Å²) in [6, 6.07) is 9.67. The van der Waals surface area contributed by atoms with Crippen LogP contribution in [0.2, 0.25) is 5.02 Å². The molecule has 24 heavy (non-hydrogen) atoms. The molecule has 7 heteroatoms. The van der Waals surface area contributed by atoms with Crippen molar-refractivity contribution < 1.29 is 4.74 Å². The van der Waals surface area contributed by atoms with E-state index in [1.807, 2.05) is 18.2 Å². The predicted molar refractivity (Wildman–Crippen MR) is 99.4 cm³/mol. The van der Waals surface area contributed by atoms with E-state index in [0.29, 0.717) is 28.5 Å². The van der Waals surface area contributed by atoms with Crippen molar-refractivity contribution in [1.29, 1.82) is 0 Å². The van der Waals surface area contributed by atoms with E-state index < -0.39 is 0 Å². The minimum Gasteiger partial charge on any atom is -0.493 e. The molecule has 5 nitrogen and oxygen atoms in total. The first-order valence-corrected chi connectivity index (χ1v) is 9.17. The number of hydrogen-bond acceptors (Lipinski definition) is 6. The lowest BCUT2D eigenvalue weighted by atomic mass is 9.92. The van der Waals surface area contributed by atoms with E-state index in [1.165, 1.54) is 0 Å². The molecule has 4 rings (SSSR count). The lowest BCUT2D eigenvalue weighted by Gasteiger charge is -2.26. The molecular formula is C17H17ClN4OS. The van der Waals surface area contributed by atoms with Gasteiger partial charge in [0.2, 0.25) is 0 Å². The summed E-state index contributed by atoms with van der Waals surface area (Å²) in [5.41, 5.74) is 7.94. The number of halogens is 1. The van der Waals surface area contributed by atoms with Gasteiger partial charge in [-0.05, 0) is 42.7 Å². The van der Waals surface area contributed by atoms with Crippen LogP contribution in [-0.2, 0) is 0 Å². The van der Waals surface area contributed by atoms with Crippen molar-refractivity contribution in [2.75, 3.05) is 17.7 Å². The Morgan fingerprint density at radius 3 is 3.12 bits per heavy atom. The molecule has 0 radical (unpaired) electrons. The molecule has 0 aliphatic carbocycles. The zero-order valence-electron chi connectivity index (χ0n) is 12.9. The predicted octanol–water partition coefficient (Wildman–Crippen LogP) is 3.98. The molecule has 0 amide bonds. The number of amidine groups is 1. The molecule has 0 saturated carbocycles. The number of rotatable bonds is 2. The Morgan fingerprint density at radius 2 is 2.25 bits per heavy atom. The molecular weight excluding hydrogens is 344 g/mol. The van der Waals surface area contributed by atoms with Crippen LogP contribution in [0.4, 0.5) is 11.5 Å². The van der Waals surface area contributed by atoms with Crippen LogP contribution in [0, 0.1) is 5.92 Å². The van der Waals surface area contributed by atoms with Crippen molar-refractivity contribution in [1.82, 2.24) is 4.98 Å². The average Bonchev–Trinajstić information content (AvgIpc) is 2.76. The summed E-state index contributed by atoms with van der Waals surface area (Å²) in [5.74, 6) is 2.93. The highest BCUT2D eigenvalue weighted by atomic mass is 35.5. The Bertz CT molecular complexity index is 798. The fourth-order valence-electron chi connectivity index (χ4n) is 3.05. The molecule has 2 aliphatic rings. The van der Waals surface area contributed by atoms with Crippen LogP contribution in [0.1, 0.15) is 18.0 Å². The summed E-state index contributed by atoms with van der Waals surface area (Å²) in [6.07, 6.45) is 2.69. The maximum Gasteiger partial charge on any atom is 0.154 e. The lowest BCUT2D eigenvalue weighted by Crippen LogP contribution is -2.24. The van der Waals surface area contributed by atoms with E-state index in [4.69, 9.17) is 22.1 Å². The van der Waals surface area contributed by atoms with Crippen molar-refractivity contribution >= 4 is 40.0 Å². The molecule has 0 saturated heterocycles. The number of pyridine rings is 1. The van der Waals surface area contributed by atoms with Crippen molar-refractivity contribution in [2.24, 2.45) is 16.6 Å². The third-order valence-corrected chi connectivity index (χ3v) is 5.55. The van der Waals surface area contributed by atoms with Crippen LogP contribution >= 0.6 is 23.4 Å². The van der Waals surface area contributed by atoms with Gasteiger partial charge in [0.15, 0.2) is 5.17 Å². The highest BCUT2D eigenvalue weighted by Crippen LogP contribution is 2.43. The Hall–Kier alpha value is -1.92. The van der Waals surface area contributed by atoms with Crippen LogP contribution in [0.5, 0.6) is 5.75 Å². The van der Waals surface area contributed by atoms with Gasteiger partial charge in [-0.25, -0.2) is 4.98 Å². The number of ether oxygens (including phenoxy) is 1. The van der Waals surface area contributed by atoms with Gasteiger partial charge in [0.1, 0.15) is 11.6 Å². The normalized spacial score (nSPS) is 22.5. The van der Waals surface area contributed by atoms with Gasteiger partial charge in [-0.1, -0.05) is 23.4 Å². The summed E-state index contributed by atoms with van der Waals surface area (Å²) < 4.78 is 5.92. The maximum absolute atomic E-state index is 6.18. The van der Waals surface area contributed by atoms with Crippen molar-refractivity contribution in [3.8, 4) is 5.75 Å². The monoisotopic (exact) mass is 360 g/mol. The van der Waals surface area contributed by atoms with Crippen molar-refractivity contribution in [3.63, 3.8) is 0 Å². The Kier molecular flexibility index (Phi) is 4.24. The summed E-state index contributed by atoms with van der Waals surface area (Å²) in [5, 5.41) is 4.50. The second-order valence-corrected chi connectivity index (χ2v) is 7.28. The van der Waals surface area contributed by atoms with Gasteiger partial charge in [-0.3, -0.25) is 4.99 Å². The van der Waals surface area contributed by atoms with Gasteiger partial charge < -0.3 is 15.8 Å². The lowest BCUT2D eigenvalue weighted by molar-refractivity contribution is 0.296. The second-order valence-electron chi connectivity index (χ2n) is 5.83. The largest absolute Gasteiger partial charge is 0.493 e. The third-order valence-electron chi connectivity index (χ3n) is 4.25. The van der Waals surface area contributed by atoms with E-state index >= 15 is 0 Å². The molecule has 0 spiro atoms. The fraction of sp³-hybridized carbons (Fsp3) is 0.294. The van der Waals surface area contributed by atoms with Gasteiger partial charge in [0.25, 0.3) is 0 Å². The number of nitrogens with zero attached hydrogens (tertiary/aromatic N) is 2. The van der Waals surface area contributed by atoms with E-state index in [9.17, 15) is 0 Å². The third kappa shape index (κ3) is 3.03. The van der Waals surface area contributed by atoms with E-state index in [0.717, 1.165) is 29.2 Å².